The van der Waals surface area contributed by atoms with Crippen molar-refractivity contribution in [2.24, 2.45) is 5.92 Å². The van der Waals surface area contributed by atoms with Crippen molar-refractivity contribution in [1.82, 2.24) is 15.0 Å². The number of carbonyl (C=O) groups is 1. The number of carbonyl (C=O) groups excluding carboxylic acids is 1. The van der Waals surface area contributed by atoms with Gasteiger partial charge >= 0.3 is 0 Å². The minimum atomic E-state index is -0.330. The monoisotopic (exact) mass is 373 g/mol. The molecule has 0 radical (unpaired) electrons. The lowest BCUT2D eigenvalue weighted by molar-refractivity contribution is -0.131. The molecule has 27 heavy (non-hydrogen) atoms. The van der Waals surface area contributed by atoms with E-state index >= 15 is 0 Å². The van der Waals surface area contributed by atoms with Crippen LogP contribution in [0.1, 0.15) is 49.0 Å². The van der Waals surface area contributed by atoms with Crippen LogP contribution in [0.15, 0.2) is 28.8 Å². The Balaban J connectivity index is 1.33. The van der Waals surface area contributed by atoms with E-state index in [-0.39, 0.29) is 24.2 Å². The normalized spacial score (nSPS) is 19.6. The summed E-state index contributed by atoms with van der Waals surface area (Å²) >= 11 is 0. The third kappa shape index (κ3) is 4.71. The molecule has 2 aliphatic rings. The summed E-state index contributed by atoms with van der Waals surface area (Å²) in [6.45, 7) is 2.05. The molecule has 1 aliphatic carbocycles. The van der Waals surface area contributed by atoms with E-state index in [2.05, 4.69) is 10.1 Å². The van der Waals surface area contributed by atoms with Gasteiger partial charge in [0.2, 0.25) is 11.8 Å². The second-order valence-corrected chi connectivity index (χ2v) is 7.37. The molecule has 0 bridgehead atoms. The number of ether oxygens (including phenoxy) is 1. The van der Waals surface area contributed by atoms with Gasteiger partial charge < -0.3 is 14.2 Å². The number of hydrogen-bond acceptors (Lipinski definition) is 5. The highest BCUT2D eigenvalue weighted by molar-refractivity contribution is 5.79. The summed E-state index contributed by atoms with van der Waals surface area (Å²) in [5, 5.41) is 4.03. The summed E-state index contributed by atoms with van der Waals surface area (Å²) in [4.78, 5) is 18.9. The zero-order valence-electron chi connectivity index (χ0n) is 15.3. The van der Waals surface area contributed by atoms with Gasteiger partial charge in [-0.1, -0.05) is 17.3 Å². The molecule has 144 valence electrons. The average molecular weight is 373 g/mol. The summed E-state index contributed by atoms with van der Waals surface area (Å²) in [6.07, 6.45) is 5.02. The molecule has 0 spiro atoms. The molecule has 2 fully saturated rings. The van der Waals surface area contributed by atoms with Crippen LogP contribution in [0.3, 0.4) is 0 Å². The molecule has 1 saturated carbocycles. The number of rotatable bonds is 8. The first kappa shape index (κ1) is 18.1. The van der Waals surface area contributed by atoms with Crippen LogP contribution in [-0.4, -0.2) is 40.7 Å². The van der Waals surface area contributed by atoms with Crippen LogP contribution >= 0.6 is 0 Å². The SMILES string of the molecule is O=C(Cc1cccc(F)c1)N1CCCC1c1nc(CCOCC2CC2)no1. The molecule has 0 N–H and O–H groups in total. The van der Waals surface area contributed by atoms with Gasteiger partial charge in [0, 0.05) is 19.6 Å². The second kappa shape index (κ2) is 8.17. The van der Waals surface area contributed by atoms with Crippen molar-refractivity contribution in [3.05, 3.63) is 47.4 Å². The average Bonchev–Trinajstić information content (AvgIpc) is 3.15. The molecular weight excluding hydrogens is 349 g/mol. The van der Waals surface area contributed by atoms with E-state index in [1.165, 1.54) is 25.0 Å². The standard InChI is InChI=1S/C20H24FN3O3/c21-16-4-1-3-15(11-16)12-19(25)24-9-2-5-17(24)20-22-18(23-27-20)8-10-26-13-14-6-7-14/h1,3-4,11,14,17H,2,5-10,12-13H2. The third-order valence-corrected chi connectivity index (χ3v) is 5.11. The minimum absolute atomic E-state index is 0.0457. The number of hydrogen-bond donors (Lipinski definition) is 0. The smallest absolute Gasteiger partial charge is 0.249 e. The van der Waals surface area contributed by atoms with Gasteiger partial charge in [-0.15, -0.1) is 0 Å². The number of aromatic nitrogens is 2. The Morgan fingerprint density at radius 3 is 3.04 bits per heavy atom. The number of nitrogens with zero attached hydrogens (tertiary/aromatic N) is 3. The van der Waals surface area contributed by atoms with Crippen molar-refractivity contribution in [3.8, 4) is 0 Å². The summed E-state index contributed by atoms with van der Waals surface area (Å²) in [5.41, 5.74) is 0.671. The largest absolute Gasteiger partial charge is 0.381 e. The van der Waals surface area contributed by atoms with E-state index < -0.39 is 0 Å². The van der Waals surface area contributed by atoms with Crippen molar-refractivity contribution >= 4 is 5.91 Å². The van der Waals surface area contributed by atoms with Gasteiger partial charge in [-0.3, -0.25) is 4.79 Å². The Morgan fingerprint density at radius 2 is 2.22 bits per heavy atom. The molecule has 1 atom stereocenters. The Morgan fingerprint density at radius 1 is 1.33 bits per heavy atom. The Labute approximate surface area is 157 Å². The zero-order chi connectivity index (χ0) is 18.6. The van der Waals surface area contributed by atoms with Crippen LogP contribution in [0.4, 0.5) is 4.39 Å². The summed E-state index contributed by atoms with van der Waals surface area (Å²) in [7, 11) is 0. The molecule has 7 heteroatoms. The second-order valence-electron chi connectivity index (χ2n) is 7.37. The summed E-state index contributed by atoms with van der Waals surface area (Å²) < 4.78 is 24.4. The summed E-state index contributed by atoms with van der Waals surface area (Å²) in [5.74, 6) is 1.46. The van der Waals surface area contributed by atoms with Gasteiger partial charge in [-0.25, -0.2) is 4.39 Å². The minimum Gasteiger partial charge on any atom is -0.381 e. The third-order valence-electron chi connectivity index (χ3n) is 5.11. The van der Waals surface area contributed by atoms with E-state index in [0.29, 0.717) is 36.9 Å². The molecular formula is C20H24FN3O3. The van der Waals surface area contributed by atoms with Gasteiger partial charge in [0.1, 0.15) is 11.9 Å². The fourth-order valence-corrected chi connectivity index (χ4v) is 3.45. The fourth-order valence-electron chi connectivity index (χ4n) is 3.45. The molecule has 1 amide bonds. The van der Waals surface area contributed by atoms with Crippen molar-refractivity contribution in [2.45, 2.75) is 44.6 Å². The van der Waals surface area contributed by atoms with E-state index in [0.717, 1.165) is 25.4 Å². The number of halogens is 1. The maximum absolute atomic E-state index is 13.3. The summed E-state index contributed by atoms with van der Waals surface area (Å²) in [6, 6.07) is 5.96. The lowest BCUT2D eigenvalue weighted by Crippen LogP contribution is -2.32. The molecule has 2 aromatic rings. The molecule has 1 saturated heterocycles. The van der Waals surface area contributed by atoms with Gasteiger partial charge in [0.05, 0.1) is 13.0 Å². The molecule has 6 nitrogen and oxygen atoms in total. The topological polar surface area (TPSA) is 68.5 Å². The van der Waals surface area contributed by atoms with Crippen LogP contribution in [0.2, 0.25) is 0 Å². The first-order chi connectivity index (χ1) is 13.2. The van der Waals surface area contributed by atoms with Crippen LogP contribution in [0, 0.1) is 11.7 Å². The first-order valence-electron chi connectivity index (χ1n) is 9.63. The van der Waals surface area contributed by atoms with Crippen molar-refractivity contribution < 1.29 is 18.4 Å². The van der Waals surface area contributed by atoms with Gasteiger partial charge in [0.25, 0.3) is 0 Å². The Bertz CT molecular complexity index is 790. The lowest BCUT2D eigenvalue weighted by atomic mass is 10.1. The number of amides is 1. The maximum atomic E-state index is 13.3. The van der Waals surface area contributed by atoms with E-state index in [1.54, 1.807) is 17.0 Å². The van der Waals surface area contributed by atoms with E-state index in [1.807, 2.05) is 0 Å². The molecule has 1 aliphatic heterocycles. The lowest BCUT2D eigenvalue weighted by Gasteiger charge is -2.21. The number of likely N-dealkylation sites (tertiary alicyclic amines) is 1. The highest BCUT2D eigenvalue weighted by Gasteiger charge is 2.34. The van der Waals surface area contributed by atoms with Crippen molar-refractivity contribution in [1.29, 1.82) is 0 Å². The highest BCUT2D eigenvalue weighted by Crippen LogP contribution is 2.31. The van der Waals surface area contributed by atoms with Crippen LogP contribution in [0.25, 0.3) is 0 Å². The Hall–Kier alpha value is -2.28. The molecule has 1 unspecified atom stereocenters. The van der Waals surface area contributed by atoms with Gasteiger partial charge in [0.15, 0.2) is 5.82 Å². The van der Waals surface area contributed by atoms with Crippen molar-refractivity contribution in [3.63, 3.8) is 0 Å². The predicted molar refractivity (Wildman–Crippen MR) is 95.3 cm³/mol. The molecule has 2 heterocycles. The molecule has 1 aromatic carbocycles. The quantitative estimate of drug-likeness (QED) is 0.665. The van der Waals surface area contributed by atoms with Gasteiger partial charge in [-0.2, -0.15) is 4.98 Å². The van der Waals surface area contributed by atoms with Gasteiger partial charge in [-0.05, 0) is 49.3 Å². The van der Waals surface area contributed by atoms with E-state index in [9.17, 15) is 9.18 Å². The highest BCUT2D eigenvalue weighted by atomic mass is 19.1. The maximum Gasteiger partial charge on any atom is 0.249 e. The predicted octanol–water partition coefficient (Wildman–Crippen LogP) is 3.08. The number of benzene rings is 1. The Kier molecular flexibility index (Phi) is 5.48. The zero-order valence-corrected chi connectivity index (χ0v) is 15.3. The van der Waals surface area contributed by atoms with Crippen LogP contribution < -0.4 is 0 Å². The fraction of sp³-hybridized carbons (Fsp3) is 0.550. The first-order valence-corrected chi connectivity index (χ1v) is 9.63. The van der Waals surface area contributed by atoms with Crippen molar-refractivity contribution in [2.75, 3.05) is 19.8 Å². The molecule has 4 rings (SSSR count). The molecule has 1 aromatic heterocycles. The van der Waals surface area contributed by atoms with Crippen LogP contribution in [-0.2, 0) is 22.4 Å². The van der Waals surface area contributed by atoms with E-state index in [4.69, 9.17) is 9.26 Å². The van der Waals surface area contributed by atoms with Crippen LogP contribution in [0.5, 0.6) is 0 Å².